The molecule has 2 aromatic rings. The molecule has 1 unspecified atom stereocenters. The van der Waals surface area contributed by atoms with Crippen molar-refractivity contribution < 1.29 is 4.79 Å². The van der Waals surface area contributed by atoms with Crippen LogP contribution in [0.25, 0.3) is 10.6 Å². The predicted octanol–water partition coefficient (Wildman–Crippen LogP) is 2.90. The van der Waals surface area contributed by atoms with Gasteiger partial charge in [-0.2, -0.15) is 0 Å². The Balaban J connectivity index is 1.77. The van der Waals surface area contributed by atoms with Crippen molar-refractivity contribution in [2.45, 2.75) is 12.5 Å². The molecular formula is C15H16ClN3OS. The maximum absolute atomic E-state index is 12.5. The lowest BCUT2D eigenvalue weighted by Crippen LogP contribution is -2.38. The van der Waals surface area contributed by atoms with Crippen LogP contribution in [0.4, 0.5) is 0 Å². The quantitative estimate of drug-likeness (QED) is 0.945. The zero-order valence-electron chi connectivity index (χ0n) is 11.7. The number of hydrogen-bond donors (Lipinski definition) is 1. The smallest absolute Gasteiger partial charge is 0.273 e. The van der Waals surface area contributed by atoms with Gasteiger partial charge in [0, 0.05) is 35.6 Å². The molecule has 0 spiro atoms. The molecule has 1 N–H and O–H groups in total. The molecule has 1 saturated heterocycles. The third-order valence-corrected chi connectivity index (χ3v) is 4.86. The van der Waals surface area contributed by atoms with E-state index in [-0.39, 0.29) is 11.9 Å². The molecule has 110 valence electrons. The van der Waals surface area contributed by atoms with Gasteiger partial charge in [0.15, 0.2) is 0 Å². The first kappa shape index (κ1) is 14.5. The van der Waals surface area contributed by atoms with Crippen molar-refractivity contribution in [3.05, 3.63) is 40.4 Å². The first-order valence-corrected chi connectivity index (χ1v) is 8.10. The Morgan fingerprint density at radius 1 is 1.43 bits per heavy atom. The second kappa shape index (κ2) is 6.13. The van der Waals surface area contributed by atoms with Crippen LogP contribution < -0.4 is 5.32 Å². The maximum atomic E-state index is 12.5. The van der Waals surface area contributed by atoms with Crippen LogP contribution in [-0.4, -0.2) is 42.0 Å². The largest absolute Gasteiger partial charge is 0.336 e. The summed E-state index contributed by atoms with van der Waals surface area (Å²) >= 11 is 7.36. The fourth-order valence-corrected chi connectivity index (χ4v) is 3.34. The number of halogens is 1. The SMILES string of the molecule is CN(C(=O)c1csc(-c2ccc(Cl)cc2)n1)C1CCNC1. The molecule has 1 aromatic carbocycles. The van der Waals surface area contributed by atoms with Gasteiger partial charge in [-0.1, -0.05) is 23.7 Å². The normalized spacial score (nSPS) is 17.9. The lowest BCUT2D eigenvalue weighted by atomic mass is 10.2. The van der Waals surface area contributed by atoms with Gasteiger partial charge in [0.2, 0.25) is 0 Å². The average molecular weight is 322 g/mol. The third kappa shape index (κ3) is 3.10. The molecule has 1 atom stereocenters. The van der Waals surface area contributed by atoms with Crippen molar-refractivity contribution >= 4 is 28.8 Å². The zero-order chi connectivity index (χ0) is 14.8. The first-order valence-electron chi connectivity index (χ1n) is 6.84. The second-order valence-electron chi connectivity index (χ2n) is 5.11. The van der Waals surface area contributed by atoms with Crippen LogP contribution >= 0.6 is 22.9 Å². The fourth-order valence-electron chi connectivity index (χ4n) is 2.41. The molecule has 6 heteroatoms. The number of nitrogens with one attached hydrogen (secondary N) is 1. The van der Waals surface area contributed by atoms with Gasteiger partial charge in [0.1, 0.15) is 10.7 Å². The molecule has 0 radical (unpaired) electrons. The Labute approximate surface area is 132 Å². The van der Waals surface area contributed by atoms with Gasteiger partial charge in [-0.15, -0.1) is 11.3 Å². The average Bonchev–Trinajstić information content (AvgIpc) is 3.18. The number of aromatic nitrogens is 1. The Kier molecular flexibility index (Phi) is 4.24. The molecule has 0 bridgehead atoms. The van der Waals surface area contributed by atoms with Crippen molar-refractivity contribution in [3.8, 4) is 10.6 Å². The highest BCUT2D eigenvalue weighted by Crippen LogP contribution is 2.25. The van der Waals surface area contributed by atoms with Crippen LogP contribution in [0.2, 0.25) is 5.02 Å². The van der Waals surface area contributed by atoms with Gasteiger partial charge in [-0.3, -0.25) is 4.79 Å². The van der Waals surface area contributed by atoms with E-state index < -0.39 is 0 Å². The Bertz CT molecular complexity index is 635. The summed E-state index contributed by atoms with van der Waals surface area (Å²) in [5, 5.41) is 6.63. The molecule has 1 amide bonds. The van der Waals surface area contributed by atoms with Crippen molar-refractivity contribution in [3.63, 3.8) is 0 Å². The van der Waals surface area contributed by atoms with Gasteiger partial charge in [-0.05, 0) is 25.1 Å². The van der Waals surface area contributed by atoms with E-state index in [0.29, 0.717) is 10.7 Å². The number of nitrogens with zero attached hydrogens (tertiary/aromatic N) is 2. The summed E-state index contributed by atoms with van der Waals surface area (Å²) in [4.78, 5) is 18.7. The molecule has 2 heterocycles. The first-order chi connectivity index (χ1) is 10.1. The van der Waals surface area contributed by atoms with Gasteiger partial charge in [0.25, 0.3) is 5.91 Å². The second-order valence-corrected chi connectivity index (χ2v) is 6.40. The monoisotopic (exact) mass is 321 g/mol. The van der Waals surface area contributed by atoms with E-state index in [4.69, 9.17) is 11.6 Å². The highest BCUT2D eigenvalue weighted by Gasteiger charge is 2.25. The molecular weight excluding hydrogens is 306 g/mol. The predicted molar refractivity (Wildman–Crippen MR) is 85.9 cm³/mol. The highest BCUT2D eigenvalue weighted by atomic mass is 35.5. The van der Waals surface area contributed by atoms with Crippen molar-refractivity contribution in [1.29, 1.82) is 0 Å². The maximum Gasteiger partial charge on any atom is 0.273 e. The van der Waals surface area contributed by atoms with E-state index in [1.165, 1.54) is 11.3 Å². The van der Waals surface area contributed by atoms with Crippen LogP contribution in [0.3, 0.4) is 0 Å². The number of rotatable bonds is 3. The fraction of sp³-hybridized carbons (Fsp3) is 0.333. The Morgan fingerprint density at radius 2 is 2.19 bits per heavy atom. The van der Waals surface area contributed by atoms with Gasteiger partial charge in [-0.25, -0.2) is 4.98 Å². The van der Waals surface area contributed by atoms with E-state index in [2.05, 4.69) is 10.3 Å². The Hall–Kier alpha value is -1.43. The summed E-state index contributed by atoms with van der Waals surface area (Å²) in [6, 6.07) is 7.75. The summed E-state index contributed by atoms with van der Waals surface area (Å²) in [7, 11) is 1.85. The molecule has 4 nitrogen and oxygen atoms in total. The molecule has 1 aliphatic rings. The summed E-state index contributed by atoms with van der Waals surface area (Å²) in [5.41, 5.74) is 1.49. The van der Waals surface area contributed by atoms with E-state index >= 15 is 0 Å². The minimum absolute atomic E-state index is 0.0137. The number of likely N-dealkylation sites (N-methyl/N-ethyl adjacent to an activating group) is 1. The molecule has 1 fully saturated rings. The Morgan fingerprint density at radius 3 is 2.86 bits per heavy atom. The molecule has 21 heavy (non-hydrogen) atoms. The third-order valence-electron chi connectivity index (χ3n) is 3.72. The number of amides is 1. The topological polar surface area (TPSA) is 45.2 Å². The van der Waals surface area contributed by atoms with Crippen LogP contribution in [0.15, 0.2) is 29.6 Å². The lowest BCUT2D eigenvalue weighted by molar-refractivity contribution is 0.0739. The minimum atomic E-state index is -0.0137. The summed E-state index contributed by atoms with van der Waals surface area (Å²) in [6.07, 6.45) is 0.996. The summed E-state index contributed by atoms with van der Waals surface area (Å²) in [5.74, 6) is -0.0137. The lowest BCUT2D eigenvalue weighted by Gasteiger charge is -2.22. The van der Waals surface area contributed by atoms with Crippen LogP contribution in [0.1, 0.15) is 16.9 Å². The summed E-state index contributed by atoms with van der Waals surface area (Å²) < 4.78 is 0. The van der Waals surface area contributed by atoms with E-state index in [0.717, 1.165) is 30.1 Å². The van der Waals surface area contributed by atoms with Gasteiger partial charge >= 0.3 is 0 Å². The molecule has 3 rings (SSSR count). The van der Waals surface area contributed by atoms with Gasteiger partial charge < -0.3 is 10.2 Å². The molecule has 1 aromatic heterocycles. The minimum Gasteiger partial charge on any atom is -0.336 e. The van der Waals surface area contributed by atoms with E-state index in [1.54, 1.807) is 4.90 Å². The standard InChI is InChI=1S/C15H16ClN3OS/c1-19(12-6-7-17-8-12)15(20)13-9-21-14(18-13)10-2-4-11(16)5-3-10/h2-5,9,12,17H,6-8H2,1H3. The van der Waals surface area contributed by atoms with Crippen LogP contribution in [-0.2, 0) is 0 Å². The number of thiazole rings is 1. The highest BCUT2D eigenvalue weighted by molar-refractivity contribution is 7.13. The van der Waals surface area contributed by atoms with Crippen LogP contribution in [0.5, 0.6) is 0 Å². The van der Waals surface area contributed by atoms with E-state index in [1.807, 2.05) is 36.7 Å². The van der Waals surface area contributed by atoms with Crippen molar-refractivity contribution in [1.82, 2.24) is 15.2 Å². The number of carbonyl (C=O) groups excluding carboxylic acids is 1. The van der Waals surface area contributed by atoms with Crippen molar-refractivity contribution in [2.75, 3.05) is 20.1 Å². The number of carbonyl (C=O) groups is 1. The number of benzene rings is 1. The molecule has 1 aliphatic heterocycles. The van der Waals surface area contributed by atoms with Crippen LogP contribution in [0, 0.1) is 0 Å². The molecule has 0 saturated carbocycles. The zero-order valence-corrected chi connectivity index (χ0v) is 13.2. The molecule has 0 aliphatic carbocycles. The van der Waals surface area contributed by atoms with Crippen molar-refractivity contribution in [2.24, 2.45) is 0 Å². The van der Waals surface area contributed by atoms with Gasteiger partial charge in [0.05, 0.1) is 0 Å². The number of hydrogen-bond acceptors (Lipinski definition) is 4. The van der Waals surface area contributed by atoms with E-state index in [9.17, 15) is 4.79 Å². The summed E-state index contributed by atoms with van der Waals surface area (Å²) in [6.45, 7) is 1.83.